The van der Waals surface area contributed by atoms with Crippen molar-refractivity contribution in [2.45, 2.75) is 19.9 Å². The standard InChI is InChI=1S/C17H17ClN2O/c1-11-2-5-15(18)16(8-11)20-17(21)13-4-3-12-6-7-19-10-14(12)9-13/h2-5,8-9,19H,6-7,10H2,1H3,(H,20,21). The Morgan fingerprint density at radius 1 is 1.19 bits per heavy atom. The van der Waals surface area contributed by atoms with Crippen molar-refractivity contribution in [3.63, 3.8) is 0 Å². The smallest absolute Gasteiger partial charge is 0.255 e. The van der Waals surface area contributed by atoms with Crippen molar-refractivity contribution in [2.75, 3.05) is 11.9 Å². The average Bonchev–Trinajstić information content (AvgIpc) is 2.50. The van der Waals surface area contributed by atoms with Gasteiger partial charge in [-0.3, -0.25) is 4.79 Å². The Hall–Kier alpha value is -1.84. The molecule has 2 aromatic carbocycles. The number of halogens is 1. The summed E-state index contributed by atoms with van der Waals surface area (Å²) in [6, 6.07) is 11.5. The fourth-order valence-electron chi connectivity index (χ4n) is 2.55. The van der Waals surface area contributed by atoms with Crippen molar-refractivity contribution >= 4 is 23.2 Å². The van der Waals surface area contributed by atoms with E-state index in [1.54, 1.807) is 6.07 Å². The first-order valence-electron chi connectivity index (χ1n) is 7.03. The summed E-state index contributed by atoms with van der Waals surface area (Å²) in [6.45, 7) is 3.79. The van der Waals surface area contributed by atoms with Crippen LogP contribution in [0.5, 0.6) is 0 Å². The number of nitrogens with one attached hydrogen (secondary N) is 2. The molecule has 1 aliphatic heterocycles. The van der Waals surface area contributed by atoms with Crippen LogP contribution in [0, 0.1) is 6.92 Å². The first-order chi connectivity index (χ1) is 10.1. The van der Waals surface area contributed by atoms with Crippen LogP contribution in [-0.4, -0.2) is 12.5 Å². The fourth-order valence-corrected chi connectivity index (χ4v) is 2.72. The molecule has 2 aromatic rings. The van der Waals surface area contributed by atoms with Gasteiger partial charge in [0, 0.05) is 12.1 Å². The van der Waals surface area contributed by atoms with Crippen LogP contribution in [0.1, 0.15) is 27.0 Å². The zero-order valence-corrected chi connectivity index (χ0v) is 12.6. The number of hydrogen-bond acceptors (Lipinski definition) is 2. The monoisotopic (exact) mass is 300 g/mol. The zero-order valence-electron chi connectivity index (χ0n) is 11.9. The van der Waals surface area contributed by atoms with Crippen LogP contribution in [0.4, 0.5) is 5.69 Å². The quantitative estimate of drug-likeness (QED) is 0.890. The minimum Gasteiger partial charge on any atom is -0.321 e. The molecule has 108 valence electrons. The van der Waals surface area contributed by atoms with E-state index in [0.29, 0.717) is 16.3 Å². The Bertz CT molecular complexity index is 697. The molecular weight excluding hydrogens is 284 g/mol. The molecule has 1 amide bonds. The summed E-state index contributed by atoms with van der Waals surface area (Å²) in [5.74, 6) is -0.129. The van der Waals surface area contributed by atoms with E-state index in [9.17, 15) is 4.79 Å². The highest BCUT2D eigenvalue weighted by Gasteiger charge is 2.13. The Kier molecular flexibility index (Phi) is 3.95. The van der Waals surface area contributed by atoms with E-state index < -0.39 is 0 Å². The maximum absolute atomic E-state index is 12.4. The van der Waals surface area contributed by atoms with Crippen LogP contribution in [0.25, 0.3) is 0 Å². The zero-order chi connectivity index (χ0) is 14.8. The molecule has 21 heavy (non-hydrogen) atoms. The highest BCUT2D eigenvalue weighted by Crippen LogP contribution is 2.24. The molecule has 0 bridgehead atoms. The van der Waals surface area contributed by atoms with Gasteiger partial charge in [-0.05, 0) is 60.8 Å². The Morgan fingerprint density at radius 3 is 2.90 bits per heavy atom. The van der Waals surface area contributed by atoms with Gasteiger partial charge < -0.3 is 10.6 Å². The van der Waals surface area contributed by atoms with Crippen molar-refractivity contribution in [1.29, 1.82) is 0 Å². The molecule has 0 saturated carbocycles. The number of anilines is 1. The number of benzene rings is 2. The number of amides is 1. The molecule has 2 N–H and O–H groups in total. The van der Waals surface area contributed by atoms with Gasteiger partial charge in [0.15, 0.2) is 0 Å². The van der Waals surface area contributed by atoms with E-state index in [1.807, 2.05) is 37.3 Å². The topological polar surface area (TPSA) is 41.1 Å². The van der Waals surface area contributed by atoms with E-state index in [2.05, 4.69) is 10.6 Å². The van der Waals surface area contributed by atoms with E-state index >= 15 is 0 Å². The lowest BCUT2D eigenvalue weighted by Crippen LogP contribution is -2.24. The van der Waals surface area contributed by atoms with Crippen LogP contribution in [0.3, 0.4) is 0 Å². The van der Waals surface area contributed by atoms with Gasteiger partial charge in [-0.25, -0.2) is 0 Å². The normalized spacial score (nSPS) is 13.6. The van der Waals surface area contributed by atoms with Gasteiger partial charge in [0.25, 0.3) is 5.91 Å². The maximum atomic E-state index is 12.4. The van der Waals surface area contributed by atoms with Crippen LogP contribution in [0.15, 0.2) is 36.4 Å². The summed E-state index contributed by atoms with van der Waals surface area (Å²) in [4.78, 5) is 12.4. The number of fused-ring (bicyclic) bond motifs is 1. The average molecular weight is 301 g/mol. The second kappa shape index (κ2) is 5.88. The summed E-state index contributed by atoms with van der Waals surface area (Å²) in [6.07, 6.45) is 1.01. The third-order valence-electron chi connectivity index (χ3n) is 3.73. The van der Waals surface area contributed by atoms with Gasteiger partial charge in [-0.15, -0.1) is 0 Å². The van der Waals surface area contributed by atoms with Gasteiger partial charge in [-0.2, -0.15) is 0 Å². The number of carbonyl (C=O) groups is 1. The van der Waals surface area contributed by atoms with Crippen molar-refractivity contribution < 1.29 is 4.79 Å². The van der Waals surface area contributed by atoms with E-state index in [0.717, 1.165) is 25.1 Å². The molecule has 0 radical (unpaired) electrons. The minimum absolute atomic E-state index is 0.129. The van der Waals surface area contributed by atoms with Crippen LogP contribution < -0.4 is 10.6 Å². The molecule has 1 heterocycles. The van der Waals surface area contributed by atoms with Crippen LogP contribution >= 0.6 is 11.6 Å². The largest absolute Gasteiger partial charge is 0.321 e. The summed E-state index contributed by atoms with van der Waals surface area (Å²) in [5, 5.41) is 6.75. The number of carbonyl (C=O) groups excluding carboxylic acids is 1. The molecule has 4 heteroatoms. The van der Waals surface area contributed by atoms with Crippen molar-refractivity contribution in [2.24, 2.45) is 0 Å². The van der Waals surface area contributed by atoms with E-state index in [4.69, 9.17) is 11.6 Å². The maximum Gasteiger partial charge on any atom is 0.255 e. The molecule has 0 saturated heterocycles. The lowest BCUT2D eigenvalue weighted by molar-refractivity contribution is 0.102. The van der Waals surface area contributed by atoms with Gasteiger partial charge >= 0.3 is 0 Å². The summed E-state index contributed by atoms with van der Waals surface area (Å²) in [5.41, 5.74) is 4.89. The molecule has 0 spiro atoms. The summed E-state index contributed by atoms with van der Waals surface area (Å²) < 4.78 is 0. The molecule has 3 nitrogen and oxygen atoms in total. The lowest BCUT2D eigenvalue weighted by Gasteiger charge is -2.17. The molecule has 3 rings (SSSR count). The summed E-state index contributed by atoms with van der Waals surface area (Å²) in [7, 11) is 0. The minimum atomic E-state index is -0.129. The predicted octanol–water partition coefficient (Wildman–Crippen LogP) is 3.55. The van der Waals surface area contributed by atoms with Crippen molar-refractivity contribution in [3.05, 3.63) is 63.7 Å². The number of hydrogen-bond donors (Lipinski definition) is 2. The number of aryl methyl sites for hydroxylation is 1. The SMILES string of the molecule is Cc1ccc(Cl)c(NC(=O)c2ccc3c(c2)CNCC3)c1. The van der Waals surface area contributed by atoms with Crippen molar-refractivity contribution in [3.8, 4) is 0 Å². The third kappa shape index (κ3) is 3.09. The second-order valence-electron chi connectivity index (χ2n) is 5.35. The first kappa shape index (κ1) is 14.1. The van der Waals surface area contributed by atoms with E-state index in [1.165, 1.54) is 11.1 Å². The predicted molar refractivity (Wildman–Crippen MR) is 86.0 cm³/mol. The third-order valence-corrected chi connectivity index (χ3v) is 4.05. The van der Waals surface area contributed by atoms with Gasteiger partial charge in [0.05, 0.1) is 10.7 Å². The Labute approximate surface area is 129 Å². The highest BCUT2D eigenvalue weighted by molar-refractivity contribution is 6.34. The molecule has 0 atom stereocenters. The summed E-state index contributed by atoms with van der Waals surface area (Å²) >= 11 is 6.12. The Morgan fingerprint density at radius 2 is 2.05 bits per heavy atom. The van der Waals surface area contributed by atoms with Crippen LogP contribution in [0.2, 0.25) is 5.02 Å². The molecule has 1 aliphatic rings. The first-order valence-corrected chi connectivity index (χ1v) is 7.41. The van der Waals surface area contributed by atoms with Gasteiger partial charge in [0.2, 0.25) is 0 Å². The van der Waals surface area contributed by atoms with Crippen LogP contribution in [-0.2, 0) is 13.0 Å². The number of rotatable bonds is 2. The van der Waals surface area contributed by atoms with Crippen molar-refractivity contribution in [1.82, 2.24) is 5.32 Å². The van der Waals surface area contributed by atoms with E-state index in [-0.39, 0.29) is 5.91 Å². The van der Waals surface area contributed by atoms with Gasteiger partial charge in [0.1, 0.15) is 0 Å². The second-order valence-corrected chi connectivity index (χ2v) is 5.75. The molecule has 0 aromatic heterocycles. The molecule has 0 fully saturated rings. The molecular formula is C17H17ClN2O. The van der Waals surface area contributed by atoms with Gasteiger partial charge in [-0.1, -0.05) is 23.7 Å². The molecule has 0 aliphatic carbocycles. The fraction of sp³-hybridized carbons (Fsp3) is 0.235. The highest BCUT2D eigenvalue weighted by atomic mass is 35.5. The Balaban J connectivity index is 1.83. The lowest BCUT2D eigenvalue weighted by atomic mass is 9.98. The molecule has 0 unspecified atom stereocenters.